The van der Waals surface area contributed by atoms with Crippen LogP contribution in [0.2, 0.25) is 0 Å². The number of nitriles is 1. The highest BCUT2D eigenvalue weighted by molar-refractivity contribution is 5.56. The Labute approximate surface area is 81.5 Å². The van der Waals surface area contributed by atoms with Crippen molar-refractivity contribution < 1.29 is 9.53 Å². The number of aliphatic imine (C=N–C) groups is 1. The maximum absolute atomic E-state index is 10.0. The molecule has 0 fully saturated rings. The molecule has 0 bridgehead atoms. The van der Waals surface area contributed by atoms with Gasteiger partial charge in [0.1, 0.15) is 11.8 Å². The summed E-state index contributed by atoms with van der Waals surface area (Å²) in [6.07, 6.45) is 1.43. The van der Waals surface area contributed by atoms with Crippen LogP contribution < -0.4 is 4.74 Å². The third kappa shape index (κ3) is 2.19. The van der Waals surface area contributed by atoms with E-state index in [4.69, 9.17) is 10.00 Å². The molecule has 0 aliphatic rings. The molecule has 14 heavy (non-hydrogen) atoms. The van der Waals surface area contributed by atoms with E-state index in [0.29, 0.717) is 23.6 Å². The zero-order valence-corrected chi connectivity index (χ0v) is 7.65. The molecule has 0 spiro atoms. The van der Waals surface area contributed by atoms with E-state index in [-0.39, 0.29) is 0 Å². The van der Waals surface area contributed by atoms with Crippen LogP contribution in [0.5, 0.6) is 5.75 Å². The third-order valence-corrected chi connectivity index (χ3v) is 1.56. The Balaban J connectivity index is 3.14. The van der Waals surface area contributed by atoms with Gasteiger partial charge in [0.25, 0.3) is 0 Å². The van der Waals surface area contributed by atoms with Gasteiger partial charge in [-0.1, -0.05) is 0 Å². The van der Waals surface area contributed by atoms with Gasteiger partial charge in [0.05, 0.1) is 17.9 Å². The first-order valence-electron chi connectivity index (χ1n) is 4.06. The predicted molar refractivity (Wildman–Crippen MR) is 50.1 cm³/mol. The number of hydrogen-bond donors (Lipinski definition) is 0. The SMILES string of the molecule is CCOc1cc(N=C=O)ccc1C#N. The molecule has 0 heterocycles. The Morgan fingerprint density at radius 3 is 2.93 bits per heavy atom. The van der Waals surface area contributed by atoms with Crippen LogP contribution in [-0.4, -0.2) is 12.7 Å². The van der Waals surface area contributed by atoms with Crippen molar-refractivity contribution in [2.24, 2.45) is 4.99 Å². The van der Waals surface area contributed by atoms with Crippen LogP contribution in [0.4, 0.5) is 5.69 Å². The maximum atomic E-state index is 10.0. The lowest BCUT2D eigenvalue weighted by molar-refractivity contribution is 0.339. The van der Waals surface area contributed by atoms with Crippen LogP contribution in [0.15, 0.2) is 23.2 Å². The molecule has 0 aliphatic heterocycles. The van der Waals surface area contributed by atoms with E-state index in [1.165, 1.54) is 12.1 Å². The number of nitrogens with zero attached hydrogens (tertiary/aromatic N) is 2. The Kier molecular flexibility index (Phi) is 3.42. The highest BCUT2D eigenvalue weighted by atomic mass is 16.5. The maximum Gasteiger partial charge on any atom is 0.240 e. The molecule has 0 aromatic heterocycles. The predicted octanol–water partition coefficient (Wildman–Crippen LogP) is 1.92. The topological polar surface area (TPSA) is 62.4 Å². The summed E-state index contributed by atoms with van der Waals surface area (Å²) in [6, 6.07) is 6.64. The second-order valence-corrected chi connectivity index (χ2v) is 2.43. The number of isocyanates is 1. The first kappa shape index (κ1) is 9.97. The first-order chi connectivity index (χ1) is 6.81. The van der Waals surface area contributed by atoms with Crippen LogP contribution in [0.3, 0.4) is 0 Å². The zero-order chi connectivity index (χ0) is 10.4. The van der Waals surface area contributed by atoms with Crippen LogP contribution in [0.1, 0.15) is 12.5 Å². The van der Waals surface area contributed by atoms with Crippen LogP contribution >= 0.6 is 0 Å². The van der Waals surface area contributed by atoms with Crippen molar-refractivity contribution in [3.8, 4) is 11.8 Å². The summed E-state index contributed by atoms with van der Waals surface area (Å²) in [7, 11) is 0. The lowest BCUT2D eigenvalue weighted by Crippen LogP contribution is -1.93. The zero-order valence-electron chi connectivity index (χ0n) is 7.65. The lowest BCUT2D eigenvalue weighted by Gasteiger charge is -2.04. The standard InChI is InChI=1S/C10H8N2O2/c1-2-14-10-5-9(12-7-13)4-3-8(10)6-11/h3-5H,2H2,1H3. The summed E-state index contributed by atoms with van der Waals surface area (Å²) in [6.45, 7) is 2.28. The van der Waals surface area contributed by atoms with Gasteiger partial charge in [0, 0.05) is 6.07 Å². The Morgan fingerprint density at radius 1 is 1.57 bits per heavy atom. The molecule has 0 N–H and O–H groups in total. The third-order valence-electron chi connectivity index (χ3n) is 1.56. The van der Waals surface area contributed by atoms with Crippen LogP contribution in [-0.2, 0) is 4.79 Å². The van der Waals surface area contributed by atoms with E-state index >= 15 is 0 Å². The first-order valence-corrected chi connectivity index (χ1v) is 4.06. The van der Waals surface area contributed by atoms with E-state index in [0.717, 1.165) is 0 Å². The summed E-state index contributed by atoms with van der Waals surface area (Å²) < 4.78 is 5.20. The van der Waals surface area contributed by atoms with Crippen LogP contribution in [0, 0.1) is 11.3 Å². The summed E-state index contributed by atoms with van der Waals surface area (Å²) in [5.74, 6) is 0.437. The van der Waals surface area contributed by atoms with Crippen molar-refractivity contribution in [3.05, 3.63) is 23.8 Å². The molecule has 0 saturated heterocycles. The van der Waals surface area contributed by atoms with E-state index in [1.54, 1.807) is 12.1 Å². The van der Waals surface area contributed by atoms with E-state index in [1.807, 2.05) is 13.0 Å². The fourth-order valence-electron chi connectivity index (χ4n) is 1.00. The molecule has 0 saturated carbocycles. The second-order valence-electron chi connectivity index (χ2n) is 2.43. The highest BCUT2D eigenvalue weighted by Gasteiger charge is 2.03. The van der Waals surface area contributed by atoms with E-state index < -0.39 is 0 Å². The summed E-state index contributed by atoms with van der Waals surface area (Å²) in [5, 5.41) is 8.73. The van der Waals surface area contributed by atoms with Crippen molar-refractivity contribution in [3.63, 3.8) is 0 Å². The molecular formula is C10H8N2O2. The van der Waals surface area contributed by atoms with Crippen LogP contribution in [0.25, 0.3) is 0 Å². The van der Waals surface area contributed by atoms with Gasteiger partial charge >= 0.3 is 0 Å². The average Bonchev–Trinajstić information content (AvgIpc) is 2.19. The highest BCUT2D eigenvalue weighted by Crippen LogP contribution is 2.24. The number of hydrogen-bond acceptors (Lipinski definition) is 4. The second kappa shape index (κ2) is 4.80. The molecule has 4 heteroatoms. The van der Waals surface area contributed by atoms with Gasteiger partial charge in [-0.2, -0.15) is 10.3 Å². The van der Waals surface area contributed by atoms with Gasteiger partial charge in [-0.05, 0) is 19.1 Å². The van der Waals surface area contributed by atoms with Gasteiger partial charge in [0.15, 0.2) is 0 Å². The smallest absolute Gasteiger partial charge is 0.240 e. The molecule has 0 radical (unpaired) electrons. The molecular weight excluding hydrogens is 180 g/mol. The number of carbonyl (C=O) groups excluding carboxylic acids is 1. The quantitative estimate of drug-likeness (QED) is 0.537. The summed E-state index contributed by atoms with van der Waals surface area (Å²) in [5.41, 5.74) is 0.860. The lowest BCUT2D eigenvalue weighted by atomic mass is 10.2. The molecule has 0 atom stereocenters. The van der Waals surface area contributed by atoms with Gasteiger partial charge in [-0.15, -0.1) is 0 Å². The summed E-state index contributed by atoms with van der Waals surface area (Å²) in [4.78, 5) is 13.4. The minimum Gasteiger partial charge on any atom is -0.492 e. The summed E-state index contributed by atoms with van der Waals surface area (Å²) >= 11 is 0. The fourth-order valence-corrected chi connectivity index (χ4v) is 1.00. The van der Waals surface area contributed by atoms with Crippen molar-refractivity contribution in [2.45, 2.75) is 6.92 Å². The Morgan fingerprint density at radius 2 is 2.36 bits per heavy atom. The molecule has 0 aliphatic carbocycles. The Bertz CT molecular complexity index is 415. The largest absolute Gasteiger partial charge is 0.492 e. The molecule has 0 amide bonds. The van der Waals surface area contributed by atoms with E-state index in [2.05, 4.69) is 4.99 Å². The van der Waals surface area contributed by atoms with E-state index in [9.17, 15) is 4.79 Å². The minimum absolute atomic E-state index is 0.427. The van der Waals surface area contributed by atoms with Crippen molar-refractivity contribution in [1.29, 1.82) is 5.26 Å². The van der Waals surface area contributed by atoms with Crippen molar-refractivity contribution in [2.75, 3.05) is 6.61 Å². The fraction of sp³-hybridized carbons (Fsp3) is 0.200. The molecule has 0 unspecified atom stereocenters. The monoisotopic (exact) mass is 188 g/mol. The molecule has 1 rings (SSSR count). The molecule has 1 aromatic carbocycles. The number of benzene rings is 1. The molecule has 1 aromatic rings. The van der Waals surface area contributed by atoms with Gasteiger partial charge in [-0.25, -0.2) is 4.79 Å². The number of rotatable bonds is 3. The molecule has 70 valence electrons. The Hall–Kier alpha value is -2.11. The van der Waals surface area contributed by atoms with Gasteiger partial charge in [0.2, 0.25) is 6.08 Å². The van der Waals surface area contributed by atoms with Crippen molar-refractivity contribution in [1.82, 2.24) is 0 Å². The normalized spacial score (nSPS) is 8.57. The van der Waals surface area contributed by atoms with Crippen molar-refractivity contribution >= 4 is 11.8 Å². The average molecular weight is 188 g/mol. The number of ether oxygens (including phenoxy) is 1. The van der Waals surface area contributed by atoms with Gasteiger partial charge in [-0.3, -0.25) is 0 Å². The molecule has 4 nitrogen and oxygen atoms in total. The minimum atomic E-state index is 0.427. The van der Waals surface area contributed by atoms with Gasteiger partial charge < -0.3 is 4.74 Å².